The lowest BCUT2D eigenvalue weighted by Gasteiger charge is -2.38. The molecule has 0 bridgehead atoms. The first-order chi connectivity index (χ1) is 19.8. The monoisotopic (exact) mass is 519 g/mol. The van der Waals surface area contributed by atoms with E-state index in [9.17, 15) is 5.26 Å². The number of nitriles is 1. The standard InChI is InChI=1S/C36H29N3O/c37-22-23-15-16-38-32(17-23)26-9-5-7-24(18-26)25-8-6-10-27(19-25)39-33-13-3-1-11-28(33)30-20-31-29-12-2-4-14-35(29)40-36(31)21-34(30)39/h1-14,16-18,21,23,27,30-31,34H,15,19-20H2. The third kappa shape index (κ3) is 3.69. The predicted molar refractivity (Wildman–Crippen MR) is 160 cm³/mol. The van der Waals surface area contributed by atoms with E-state index in [0.717, 1.165) is 35.6 Å². The molecule has 2 aliphatic carbocycles. The average molecular weight is 520 g/mol. The Bertz CT molecular complexity index is 1720. The van der Waals surface area contributed by atoms with Crippen molar-refractivity contribution >= 4 is 23.2 Å². The molecule has 0 saturated carbocycles. The van der Waals surface area contributed by atoms with Crippen molar-refractivity contribution in [3.8, 4) is 11.8 Å². The maximum atomic E-state index is 9.41. The van der Waals surface area contributed by atoms with Crippen LogP contribution in [0.25, 0.3) is 11.3 Å². The first-order valence-electron chi connectivity index (χ1n) is 14.2. The number of para-hydroxylation sites is 2. The van der Waals surface area contributed by atoms with Gasteiger partial charge in [0.05, 0.1) is 29.8 Å². The zero-order chi connectivity index (χ0) is 26.6. The van der Waals surface area contributed by atoms with E-state index >= 15 is 0 Å². The second kappa shape index (κ2) is 9.24. The molecule has 0 saturated heterocycles. The summed E-state index contributed by atoms with van der Waals surface area (Å²) in [5.41, 5.74) is 8.60. The lowest BCUT2D eigenvalue weighted by Crippen LogP contribution is -2.42. The molecule has 0 amide bonds. The molecule has 0 N–H and O–H groups in total. The van der Waals surface area contributed by atoms with Crippen molar-refractivity contribution in [3.05, 3.63) is 131 Å². The molecule has 3 aromatic rings. The van der Waals surface area contributed by atoms with E-state index in [-0.39, 0.29) is 18.0 Å². The lowest BCUT2D eigenvalue weighted by atomic mass is 9.78. The summed E-state index contributed by atoms with van der Waals surface area (Å²) in [4.78, 5) is 7.23. The number of hydrogen-bond donors (Lipinski definition) is 0. The Balaban J connectivity index is 1.12. The van der Waals surface area contributed by atoms with E-state index in [0.29, 0.717) is 18.3 Å². The number of ether oxygens (including phenoxy) is 1. The van der Waals surface area contributed by atoms with Gasteiger partial charge in [-0.3, -0.25) is 4.99 Å². The molecule has 40 heavy (non-hydrogen) atoms. The highest BCUT2D eigenvalue weighted by molar-refractivity contribution is 5.80. The summed E-state index contributed by atoms with van der Waals surface area (Å²) in [5, 5.41) is 9.41. The van der Waals surface area contributed by atoms with Gasteiger partial charge in [-0.25, -0.2) is 0 Å². The summed E-state index contributed by atoms with van der Waals surface area (Å²) in [6.07, 6.45) is 15.8. The van der Waals surface area contributed by atoms with Crippen LogP contribution in [0.1, 0.15) is 53.4 Å². The first-order valence-corrected chi connectivity index (χ1v) is 14.2. The average Bonchev–Trinajstić information content (AvgIpc) is 3.55. The Morgan fingerprint density at radius 2 is 1.77 bits per heavy atom. The molecule has 5 unspecified atom stereocenters. The highest BCUT2D eigenvalue weighted by atomic mass is 16.5. The highest BCUT2D eigenvalue weighted by Gasteiger charge is 2.47. The van der Waals surface area contributed by atoms with Crippen molar-refractivity contribution in [2.24, 2.45) is 10.9 Å². The molecular weight excluding hydrogens is 490 g/mol. The van der Waals surface area contributed by atoms with Gasteiger partial charge in [0.1, 0.15) is 11.5 Å². The minimum Gasteiger partial charge on any atom is -0.461 e. The van der Waals surface area contributed by atoms with E-state index in [1.54, 1.807) is 0 Å². The zero-order valence-electron chi connectivity index (χ0n) is 22.2. The molecule has 4 heteroatoms. The second-order valence-corrected chi connectivity index (χ2v) is 11.3. The van der Waals surface area contributed by atoms with Crippen molar-refractivity contribution in [1.82, 2.24) is 0 Å². The number of aliphatic imine (C=N–C) groups is 1. The molecule has 0 fully saturated rings. The lowest BCUT2D eigenvalue weighted by molar-refractivity contribution is 0.376. The minimum absolute atomic E-state index is 0.110. The second-order valence-electron chi connectivity index (χ2n) is 11.3. The van der Waals surface area contributed by atoms with E-state index in [4.69, 9.17) is 4.74 Å². The van der Waals surface area contributed by atoms with Crippen LogP contribution in [0.2, 0.25) is 0 Å². The van der Waals surface area contributed by atoms with E-state index in [1.165, 1.54) is 28.0 Å². The van der Waals surface area contributed by atoms with Gasteiger partial charge in [-0.05, 0) is 59.9 Å². The highest BCUT2D eigenvalue weighted by Crippen LogP contribution is 2.55. The van der Waals surface area contributed by atoms with Gasteiger partial charge >= 0.3 is 0 Å². The van der Waals surface area contributed by atoms with E-state index in [2.05, 4.69) is 113 Å². The topological polar surface area (TPSA) is 48.6 Å². The van der Waals surface area contributed by atoms with Gasteiger partial charge < -0.3 is 9.64 Å². The van der Waals surface area contributed by atoms with Crippen LogP contribution >= 0.6 is 0 Å². The van der Waals surface area contributed by atoms with Crippen LogP contribution in [-0.4, -0.2) is 18.3 Å². The fourth-order valence-corrected chi connectivity index (χ4v) is 7.24. The molecule has 4 nitrogen and oxygen atoms in total. The maximum Gasteiger partial charge on any atom is 0.130 e. The van der Waals surface area contributed by atoms with Crippen LogP contribution in [0.15, 0.2) is 114 Å². The van der Waals surface area contributed by atoms with Crippen molar-refractivity contribution in [2.45, 2.75) is 43.2 Å². The summed E-state index contributed by atoms with van der Waals surface area (Å²) < 4.78 is 6.40. The van der Waals surface area contributed by atoms with Gasteiger partial charge in [0, 0.05) is 41.3 Å². The third-order valence-corrected chi connectivity index (χ3v) is 9.10. The van der Waals surface area contributed by atoms with E-state index < -0.39 is 0 Å². The van der Waals surface area contributed by atoms with E-state index in [1.807, 2.05) is 12.3 Å². The molecule has 3 aliphatic heterocycles. The normalized spacial score (nSPS) is 27.3. The van der Waals surface area contributed by atoms with Gasteiger partial charge in [-0.15, -0.1) is 0 Å². The number of fused-ring (bicyclic) bond motifs is 6. The molecule has 0 aromatic heterocycles. The van der Waals surface area contributed by atoms with Gasteiger partial charge in [-0.1, -0.05) is 72.8 Å². The fraction of sp³-hybridized carbons (Fsp3) is 0.222. The van der Waals surface area contributed by atoms with Crippen LogP contribution in [0.5, 0.6) is 5.75 Å². The zero-order valence-corrected chi connectivity index (χ0v) is 22.2. The fourth-order valence-electron chi connectivity index (χ4n) is 7.24. The Labute approximate surface area is 234 Å². The van der Waals surface area contributed by atoms with Crippen molar-refractivity contribution in [2.75, 3.05) is 4.90 Å². The van der Waals surface area contributed by atoms with Gasteiger partial charge in [0.2, 0.25) is 0 Å². The quantitative estimate of drug-likeness (QED) is 0.355. The molecule has 8 rings (SSSR count). The van der Waals surface area contributed by atoms with Crippen molar-refractivity contribution in [1.29, 1.82) is 5.26 Å². The first kappa shape index (κ1) is 23.3. The van der Waals surface area contributed by atoms with Crippen LogP contribution < -0.4 is 9.64 Å². The van der Waals surface area contributed by atoms with Crippen LogP contribution in [0.4, 0.5) is 5.69 Å². The number of anilines is 1. The summed E-state index contributed by atoms with van der Waals surface area (Å²) in [5.74, 6) is 2.79. The summed E-state index contributed by atoms with van der Waals surface area (Å²) in [6.45, 7) is 0. The molecule has 0 spiro atoms. The maximum absolute atomic E-state index is 9.41. The van der Waals surface area contributed by atoms with Gasteiger partial charge in [0.15, 0.2) is 0 Å². The van der Waals surface area contributed by atoms with Gasteiger partial charge in [-0.2, -0.15) is 5.26 Å². The van der Waals surface area contributed by atoms with Gasteiger partial charge in [0.25, 0.3) is 0 Å². The molecule has 5 aliphatic rings. The van der Waals surface area contributed by atoms with Crippen LogP contribution in [0, 0.1) is 17.2 Å². The number of hydrogen-bond acceptors (Lipinski definition) is 4. The smallest absolute Gasteiger partial charge is 0.130 e. The van der Waals surface area contributed by atoms with Crippen LogP contribution in [0.3, 0.4) is 0 Å². The molecular formula is C36H29N3O. The Kier molecular flexibility index (Phi) is 5.38. The van der Waals surface area contributed by atoms with Crippen molar-refractivity contribution in [3.63, 3.8) is 0 Å². The molecule has 3 heterocycles. The molecule has 0 radical (unpaired) electrons. The third-order valence-electron chi connectivity index (χ3n) is 9.10. The molecule has 194 valence electrons. The van der Waals surface area contributed by atoms with Crippen molar-refractivity contribution < 1.29 is 4.74 Å². The number of rotatable bonds is 3. The number of benzene rings is 3. The predicted octanol–water partition coefficient (Wildman–Crippen LogP) is 7.79. The number of allylic oxidation sites excluding steroid dienone is 4. The Hall–Kier alpha value is -4.62. The SMILES string of the molecule is N#CC1C=C(c2cccc(C3=CC=CC(N4c5ccccc5C5CC6C(=CC54)Oc4ccccc46)C3)c2)N=CC1. The largest absolute Gasteiger partial charge is 0.461 e. The molecule has 3 aromatic carbocycles. The Morgan fingerprint density at radius 3 is 2.70 bits per heavy atom. The summed E-state index contributed by atoms with van der Waals surface area (Å²) in [7, 11) is 0. The Morgan fingerprint density at radius 1 is 0.925 bits per heavy atom. The summed E-state index contributed by atoms with van der Waals surface area (Å²) >= 11 is 0. The molecule has 5 atom stereocenters. The minimum atomic E-state index is -0.110. The van der Waals surface area contributed by atoms with Crippen LogP contribution in [-0.2, 0) is 0 Å². The summed E-state index contributed by atoms with van der Waals surface area (Å²) in [6, 6.07) is 29.0. The number of nitrogens with zero attached hydrogens (tertiary/aromatic N) is 3.